The summed E-state index contributed by atoms with van der Waals surface area (Å²) in [6.07, 6.45) is 3.87. The van der Waals surface area contributed by atoms with Gasteiger partial charge in [-0.3, -0.25) is 0 Å². The molecule has 0 unspecified atom stereocenters. The quantitative estimate of drug-likeness (QED) is 0.804. The molecule has 104 valence electrons. The summed E-state index contributed by atoms with van der Waals surface area (Å²) >= 11 is 0. The lowest BCUT2D eigenvalue weighted by Crippen LogP contribution is -2.58. The fourth-order valence-corrected chi connectivity index (χ4v) is 3.85. The van der Waals surface area contributed by atoms with Crippen molar-refractivity contribution in [2.75, 3.05) is 38.1 Å². The first-order chi connectivity index (χ1) is 9.12. The Bertz CT molecular complexity index is 450. The van der Waals surface area contributed by atoms with Crippen LogP contribution >= 0.6 is 0 Å². The van der Waals surface area contributed by atoms with Gasteiger partial charge in [0.1, 0.15) is 0 Å². The van der Waals surface area contributed by atoms with E-state index in [0.29, 0.717) is 5.41 Å². The third-order valence-electron chi connectivity index (χ3n) is 5.06. The molecule has 1 spiro atoms. The van der Waals surface area contributed by atoms with Gasteiger partial charge in [0.25, 0.3) is 0 Å². The molecule has 3 rings (SSSR count). The van der Waals surface area contributed by atoms with E-state index in [0.717, 1.165) is 6.42 Å². The van der Waals surface area contributed by atoms with E-state index in [1.165, 1.54) is 55.8 Å². The molecule has 0 bridgehead atoms. The van der Waals surface area contributed by atoms with Crippen molar-refractivity contribution in [1.29, 1.82) is 0 Å². The van der Waals surface area contributed by atoms with E-state index >= 15 is 0 Å². The summed E-state index contributed by atoms with van der Waals surface area (Å²) in [5, 5.41) is 0. The fourth-order valence-electron chi connectivity index (χ4n) is 3.85. The van der Waals surface area contributed by atoms with Gasteiger partial charge < -0.3 is 9.80 Å². The standard InChI is InChI=1S/C17H26N2/c1-4-15-6-5-14(2)16(11-15)19-9-7-17(8-10-19)12-18(3)13-17/h5-6,11H,4,7-10,12-13H2,1-3H3. The lowest BCUT2D eigenvalue weighted by atomic mass is 9.72. The van der Waals surface area contributed by atoms with Crippen LogP contribution in [0.4, 0.5) is 5.69 Å². The molecule has 19 heavy (non-hydrogen) atoms. The molecule has 0 N–H and O–H groups in total. The van der Waals surface area contributed by atoms with E-state index in [-0.39, 0.29) is 0 Å². The number of hydrogen-bond acceptors (Lipinski definition) is 2. The van der Waals surface area contributed by atoms with Gasteiger partial charge in [-0.25, -0.2) is 0 Å². The zero-order valence-electron chi connectivity index (χ0n) is 12.6. The largest absolute Gasteiger partial charge is 0.371 e. The first-order valence-electron chi connectivity index (χ1n) is 7.65. The second-order valence-electron chi connectivity index (χ2n) is 6.63. The van der Waals surface area contributed by atoms with Crippen LogP contribution in [0.3, 0.4) is 0 Å². The van der Waals surface area contributed by atoms with E-state index < -0.39 is 0 Å². The lowest BCUT2D eigenvalue weighted by molar-refractivity contribution is 0.00130. The Hall–Kier alpha value is -1.02. The summed E-state index contributed by atoms with van der Waals surface area (Å²) in [7, 11) is 2.24. The molecule has 1 aromatic rings. The third kappa shape index (κ3) is 2.38. The zero-order valence-corrected chi connectivity index (χ0v) is 12.6. The number of aryl methyl sites for hydroxylation is 2. The highest BCUT2D eigenvalue weighted by Gasteiger charge is 2.43. The van der Waals surface area contributed by atoms with Crippen molar-refractivity contribution in [3.8, 4) is 0 Å². The molecule has 2 nitrogen and oxygen atoms in total. The van der Waals surface area contributed by atoms with E-state index in [1.807, 2.05) is 0 Å². The van der Waals surface area contributed by atoms with Crippen molar-refractivity contribution in [2.24, 2.45) is 5.41 Å². The van der Waals surface area contributed by atoms with E-state index in [9.17, 15) is 0 Å². The molecule has 0 aliphatic carbocycles. The highest BCUT2D eigenvalue weighted by atomic mass is 15.2. The summed E-state index contributed by atoms with van der Waals surface area (Å²) < 4.78 is 0. The molecule has 2 fully saturated rings. The minimum atomic E-state index is 0.654. The lowest BCUT2D eigenvalue weighted by Gasteiger charge is -2.53. The summed E-state index contributed by atoms with van der Waals surface area (Å²) in [5.74, 6) is 0. The van der Waals surface area contributed by atoms with Crippen LogP contribution in [0.5, 0.6) is 0 Å². The van der Waals surface area contributed by atoms with Crippen molar-refractivity contribution in [3.05, 3.63) is 29.3 Å². The van der Waals surface area contributed by atoms with Crippen molar-refractivity contribution in [3.63, 3.8) is 0 Å². The van der Waals surface area contributed by atoms with Gasteiger partial charge in [-0.1, -0.05) is 19.1 Å². The molecule has 2 aliphatic rings. The smallest absolute Gasteiger partial charge is 0.0398 e. The molecule has 0 saturated carbocycles. The van der Waals surface area contributed by atoms with Crippen LogP contribution in [0.2, 0.25) is 0 Å². The normalized spacial score (nSPS) is 22.6. The number of piperidine rings is 1. The SMILES string of the molecule is CCc1ccc(C)c(N2CCC3(CC2)CN(C)C3)c1. The maximum Gasteiger partial charge on any atom is 0.0398 e. The van der Waals surface area contributed by atoms with Crippen LogP contribution in [0, 0.1) is 12.3 Å². The molecule has 1 aromatic carbocycles. The average molecular weight is 258 g/mol. The first-order valence-corrected chi connectivity index (χ1v) is 7.65. The Labute approximate surface area is 117 Å². The van der Waals surface area contributed by atoms with Crippen LogP contribution in [0.25, 0.3) is 0 Å². The minimum absolute atomic E-state index is 0.654. The van der Waals surface area contributed by atoms with Gasteiger partial charge in [-0.05, 0) is 55.8 Å². The molecular weight excluding hydrogens is 232 g/mol. The number of nitrogens with zero attached hydrogens (tertiary/aromatic N) is 2. The van der Waals surface area contributed by atoms with Crippen LogP contribution in [0.15, 0.2) is 18.2 Å². The zero-order chi connectivity index (χ0) is 13.5. The highest BCUT2D eigenvalue weighted by Crippen LogP contribution is 2.40. The Morgan fingerprint density at radius 3 is 2.42 bits per heavy atom. The van der Waals surface area contributed by atoms with Crippen LogP contribution in [-0.2, 0) is 6.42 Å². The molecule has 0 atom stereocenters. The molecule has 0 radical (unpaired) electrons. The van der Waals surface area contributed by atoms with E-state index in [1.54, 1.807) is 0 Å². The number of likely N-dealkylation sites (tertiary alicyclic amines) is 1. The second-order valence-corrected chi connectivity index (χ2v) is 6.63. The number of benzene rings is 1. The van der Waals surface area contributed by atoms with Gasteiger partial charge in [-0.15, -0.1) is 0 Å². The predicted molar refractivity (Wildman–Crippen MR) is 81.9 cm³/mol. The third-order valence-corrected chi connectivity index (χ3v) is 5.06. The molecule has 0 amide bonds. The van der Waals surface area contributed by atoms with Gasteiger partial charge >= 0.3 is 0 Å². The van der Waals surface area contributed by atoms with Gasteiger partial charge in [0.15, 0.2) is 0 Å². The van der Waals surface area contributed by atoms with Crippen molar-refractivity contribution >= 4 is 5.69 Å². The van der Waals surface area contributed by atoms with Crippen LogP contribution < -0.4 is 4.90 Å². The minimum Gasteiger partial charge on any atom is -0.371 e. The molecular formula is C17H26N2. The fraction of sp³-hybridized carbons (Fsp3) is 0.647. The predicted octanol–water partition coefficient (Wildman–Crippen LogP) is 3.09. The Kier molecular flexibility index (Phi) is 3.30. The Morgan fingerprint density at radius 1 is 1.16 bits per heavy atom. The van der Waals surface area contributed by atoms with Gasteiger partial charge in [0, 0.05) is 31.9 Å². The molecule has 2 heteroatoms. The van der Waals surface area contributed by atoms with Crippen LogP contribution in [0.1, 0.15) is 30.9 Å². The Morgan fingerprint density at radius 2 is 1.84 bits per heavy atom. The molecule has 2 heterocycles. The summed E-state index contributed by atoms with van der Waals surface area (Å²) in [5.41, 5.74) is 5.02. The molecule has 2 saturated heterocycles. The number of hydrogen-bond donors (Lipinski definition) is 0. The second kappa shape index (κ2) is 4.82. The molecule has 2 aliphatic heterocycles. The average Bonchev–Trinajstić information content (AvgIpc) is 2.39. The van der Waals surface area contributed by atoms with Gasteiger partial charge in [0.05, 0.1) is 0 Å². The van der Waals surface area contributed by atoms with Gasteiger partial charge in [-0.2, -0.15) is 0 Å². The summed E-state index contributed by atoms with van der Waals surface area (Å²) in [6, 6.07) is 6.96. The number of anilines is 1. The highest BCUT2D eigenvalue weighted by molar-refractivity contribution is 5.55. The summed E-state index contributed by atoms with van der Waals surface area (Å²) in [4.78, 5) is 5.07. The van der Waals surface area contributed by atoms with E-state index in [2.05, 4.69) is 48.9 Å². The molecule has 0 aromatic heterocycles. The van der Waals surface area contributed by atoms with E-state index in [4.69, 9.17) is 0 Å². The van der Waals surface area contributed by atoms with Crippen molar-refractivity contribution < 1.29 is 0 Å². The summed E-state index contributed by atoms with van der Waals surface area (Å²) in [6.45, 7) is 9.59. The van der Waals surface area contributed by atoms with Crippen molar-refractivity contribution in [1.82, 2.24) is 4.90 Å². The van der Waals surface area contributed by atoms with Crippen LogP contribution in [-0.4, -0.2) is 38.1 Å². The maximum atomic E-state index is 2.61. The Balaban J connectivity index is 1.71. The maximum absolute atomic E-state index is 2.61. The monoisotopic (exact) mass is 258 g/mol. The first kappa shape index (κ1) is 13.0. The number of rotatable bonds is 2. The van der Waals surface area contributed by atoms with Crippen molar-refractivity contribution in [2.45, 2.75) is 33.1 Å². The van der Waals surface area contributed by atoms with Gasteiger partial charge in [0.2, 0.25) is 0 Å². The topological polar surface area (TPSA) is 6.48 Å².